The van der Waals surface area contributed by atoms with Gasteiger partial charge in [0.15, 0.2) is 11.5 Å². The van der Waals surface area contributed by atoms with Gasteiger partial charge in [0.2, 0.25) is 0 Å². The van der Waals surface area contributed by atoms with Crippen LogP contribution in [-0.2, 0) is 19.1 Å². The molecular formula is C30H35ClF3N9O3. The molecule has 12 nitrogen and oxygen atoms in total. The Kier molecular flexibility index (Phi) is 8.97. The van der Waals surface area contributed by atoms with E-state index in [1.807, 2.05) is 0 Å². The number of nitrogens with two attached hydrogens (primary N) is 1. The fraction of sp³-hybridized carbons (Fsp3) is 0.500. The summed E-state index contributed by atoms with van der Waals surface area (Å²) in [4.78, 5) is 48.6. The van der Waals surface area contributed by atoms with Crippen LogP contribution in [0.4, 0.5) is 23.7 Å². The fourth-order valence-electron chi connectivity index (χ4n) is 5.92. The molecule has 46 heavy (non-hydrogen) atoms. The van der Waals surface area contributed by atoms with E-state index >= 15 is 0 Å². The highest BCUT2D eigenvalue weighted by Gasteiger charge is 2.38. The number of H-pyrrole nitrogens is 1. The zero-order chi connectivity index (χ0) is 32.6. The van der Waals surface area contributed by atoms with E-state index in [0.717, 1.165) is 32.1 Å². The quantitative estimate of drug-likeness (QED) is 0.287. The van der Waals surface area contributed by atoms with Gasteiger partial charge in [-0.05, 0) is 49.8 Å². The second-order valence-electron chi connectivity index (χ2n) is 12.3. The van der Waals surface area contributed by atoms with Crippen LogP contribution in [0.1, 0.15) is 70.0 Å². The molecule has 5 N–H and O–H groups in total. The Bertz CT molecular complexity index is 1610. The number of nitrogens with zero attached hydrogens (tertiary/aromatic N) is 5. The lowest BCUT2D eigenvalue weighted by atomic mass is 9.85. The molecule has 1 aliphatic heterocycles. The van der Waals surface area contributed by atoms with E-state index in [9.17, 15) is 27.6 Å². The third-order valence-corrected chi connectivity index (χ3v) is 9.13. The number of aromatic amines is 1. The number of carbonyl (C=O) groups is 3. The molecule has 16 heteroatoms. The van der Waals surface area contributed by atoms with E-state index in [0.29, 0.717) is 50.0 Å². The van der Waals surface area contributed by atoms with Crippen molar-refractivity contribution < 1.29 is 27.6 Å². The summed E-state index contributed by atoms with van der Waals surface area (Å²) in [5.41, 5.74) is 5.71. The van der Waals surface area contributed by atoms with Crippen LogP contribution in [-0.4, -0.2) is 85.7 Å². The van der Waals surface area contributed by atoms with Gasteiger partial charge in [-0.1, -0.05) is 18.0 Å². The number of urea groups is 1. The normalized spacial score (nSPS) is 20.2. The van der Waals surface area contributed by atoms with Crippen molar-refractivity contribution in [3.05, 3.63) is 64.0 Å². The van der Waals surface area contributed by atoms with Gasteiger partial charge in [-0.15, -0.1) is 0 Å². The molecule has 4 amide bonds. The summed E-state index contributed by atoms with van der Waals surface area (Å²) in [7, 11) is 0. The number of rotatable bonds is 8. The molecule has 246 valence electrons. The predicted octanol–water partition coefficient (Wildman–Crippen LogP) is 3.88. The highest BCUT2D eigenvalue weighted by Crippen LogP contribution is 2.33. The number of aromatic nitrogens is 4. The van der Waals surface area contributed by atoms with E-state index in [4.69, 9.17) is 17.3 Å². The number of imidazole rings is 1. The number of hydrogen-bond acceptors (Lipinski definition) is 6. The number of halogens is 4. The van der Waals surface area contributed by atoms with Gasteiger partial charge in [0, 0.05) is 80.6 Å². The van der Waals surface area contributed by atoms with E-state index in [-0.39, 0.29) is 52.4 Å². The van der Waals surface area contributed by atoms with Gasteiger partial charge < -0.3 is 31.2 Å². The van der Waals surface area contributed by atoms with Crippen LogP contribution in [0.3, 0.4) is 0 Å². The summed E-state index contributed by atoms with van der Waals surface area (Å²) >= 11 is 6.43. The number of hydrogen-bond donors (Lipinski definition) is 4. The lowest BCUT2D eigenvalue weighted by Crippen LogP contribution is -2.57. The number of amides is 4. The van der Waals surface area contributed by atoms with E-state index in [2.05, 4.69) is 25.7 Å². The van der Waals surface area contributed by atoms with Crippen molar-refractivity contribution in [3.8, 4) is 0 Å². The van der Waals surface area contributed by atoms with Crippen LogP contribution in [0.2, 0.25) is 5.02 Å². The molecule has 0 unspecified atom stereocenters. The molecular weight excluding hydrogens is 627 g/mol. The van der Waals surface area contributed by atoms with E-state index < -0.39 is 17.8 Å². The number of anilines is 1. The topological polar surface area (TPSA) is 154 Å². The second-order valence-corrected chi connectivity index (χ2v) is 12.7. The third kappa shape index (κ3) is 7.15. The van der Waals surface area contributed by atoms with Gasteiger partial charge in [0.25, 0.3) is 11.8 Å². The monoisotopic (exact) mass is 661 g/mol. The lowest BCUT2D eigenvalue weighted by Gasteiger charge is -2.38. The molecule has 0 spiro atoms. The van der Waals surface area contributed by atoms with Gasteiger partial charge in [0.05, 0.1) is 10.6 Å². The minimum absolute atomic E-state index is 0.00184. The molecule has 3 heterocycles. The smallest absolute Gasteiger partial charge is 0.337 e. The zero-order valence-electron chi connectivity index (χ0n) is 24.9. The maximum Gasteiger partial charge on any atom is 0.435 e. The van der Waals surface area contributed by atoms with Gasteiger partial charge in [-0.3, -0.25) is 14.3 Å². The summed E-state index contributed by atoms with van der Waals surface area (Å²) in [6.07, 6.45) is 2.57. The average molecular weight is 662 g/mol. The Balaban J connectivity index is 1.03. The number of benzene rings is 1. The Morgan fingerprint density at radius 1 is 1.09 bits per heavy atom. The van der Waals surface area contributed by atoms with E-state index in [1.54, 1.807) is 9.80 Å². The molecule has 0 radical (unpaired) electrons. The van der Waals surface area contributed by atoms with Gasteiger partial charge in [0.1, 0.15) is 0 Å². The van der Waals surface area contributed by atoms with Crippen LogP contribution in [0.5, 0.6) is 0 Å². The van der Waals surface area contributed by atoms with Crippen molar-refractivity contribution in [2.75, 3.05) is 31.5 Å². The first-order valence-electron chi connectivity index (χ1n) is 15.3. The van der Waals surface area contributed by atoms with Crippen LogP contribution in [0.15, 0.2) is 30.6 Å². The van der Waals surface area contributed by atoms with Crippen molar-refractivity contribution in [3.63, 3.8) is 0 Å². The summed E-state index contributed by atoms with van der Waals surface area (Å²) in [5, 5.41) is 9.53. The number of alkyl halides is 3. The molecule has 3 aliphatic rings. The SMILES string of the molecule is NC1CC(NC(=O)N2CCN(C(=O)c3ccc(NC(=O)c4ncc(Cc5cn(CC6CCC6)nc5C(F)(F)F)[nH]4)cc3Cl)CC2)C1. The maximum absolute atomic E-state index is 13.7. The van der Waals surface area contributed by atoms with Gasteiger partial charge in [-0.25, -0.2) is 9.78 Å². The molecule has 0 atom stereocenters. The number of nitrogens with one attached hydrogen (secondary N) is 3. The first-order chi connectivity index (χ1) is 21.9. The third-order valence-electron chi connectivity index (χ3n) is 8.81. The standard InChI is InChI=1S/C30H35ClF3N9O3/c31-24-13-20(4-5-23(24)28(45)41-6-8-42(9-7-41)29(46)39-21-11-19(35)12-21)38-27(44)26-36-14-22(37-26)10-18-16-43(15-17-2-1-3-17)40-25(18)30(32,33)34/h4-5,13-14,16-17,19,21H,1-3,6-12,15,35H2,(H,36,37)(H,38,44)(H,39,46). The number of piperazine rings is 1. The molecule has 3 fully saturated rings. The van der Waals surface area contributed by atoms with Crippen LogP contribution in [0, 0.1) is 5.92 Å². The Morgan fingerprint density at radius 2 is 1.80 bits per heavy atom. The Morgan fingerprint density at radius 3 is 2.43 bits per heavy atom. The van der Waals surface area contributed by atoms with Crippen molar-refractivity contribution >= 4 is 35.1 Å². The maximum atomic E-state index is 13.7. The first-order valence-corrected chi connectivity index (χ1v) is 15.7. The highest BCUT2D eigenvalue weighted by atomic mass is 35.5. The zero-order valence-corrected chi connectivity index (χ0v) is 25.7. The van der Waals surface area contributed by atoms with Crippen LogP contribution >= 0.6 is 11.6 Å². The minimum atomic E-state index is -4.61. The van der Waals surface area contributed by atoms with Crippen LogP contribution in [0.25, 0.3) is 0 Å². The number of carbonyl (C=O) groups excluding carboxylic acids is 3. The largest absolute Gasteiger partial charge is 0.435 e. The van der Waals surface area contributed by atoms with Gasteiger partial charge in [-0.2, -0.15) is 18.3 Å². The van der Waals surface area contributed by atoms with Crippen molar-refractivity contribution in [2.45, 2.75) is 63.3 Å². The molecule has 3 aromatic rings. The van der Waals surface area contributed by atoms with E-state index in [1.165, 1.54) is 35.3 Å². The molecule has 1 saturated heterocycles. The Hall–Kier alpha value is -4.11. The average Bonchev–Trinajstić information content (AvgIpc) is 3.61. The van der Waals surface area contributed by atoms with Crippen LogP contribution < -0.4 is 16.4 Å². The summed E-state index contributed by atoms with van der Waals surface area (Å²) < 4.78 is 42.4. The molecule has 1 aromatic carbocycles. The predicted molar refractivity (Wildman–Crippen MR) is 162 cm³/mol. The summed E-state index contributed by atoms with van der Waals surface area (Å²) in [5.74, 6) is -0.678. The fourth-order valence-corrected chi connectivity index (χ4v) is 6.18. The summed E-state index contributed by atoms with van der Waals surface area (Å²) in [6.45, 7) is 1.90. The molecule has 6 rings (SSSR count). The van der Waals surface area contributed by atoms with Gasteiger partial charge >= 0.3 is 12.2 Å². The molecule has 2 saturated carbocycles. The molecule has 0 bridgehead atoms. The lowest BCUT2D eigenvalue weighted by molar-refractivity contribution is -0.142. The van der Waals surface area contributed by atoms with Crippen molar-refractivity contribution in [1.29, 1.82) is 0 Å². The molecule has 2 aliphatic carbocycles. The van der Waals surface area contributed by atoms with Crippen molar-refractivity contribution in [2.24, 2.45) is 11.7 Å². The second kappa shape index (κ2) is 12.9. The Labute approximate surface area is 267 Å². The minimum Gasteiger partial charge on any atom is -0.337 e. The highest BCUT2D eigenvalue weighted by molar-refractivity contribution is 6.34. The first kappa shape index (κ1) is 31.9. The molecule has 2 aromatic heterocycles. The summed E-state index contributed by atoms with van der Waals surface area (Å²) in [6, 6.07) is 4.54. The van der Waals surface area contributed by atoms with Crippen molar-refractivity contribution in [1.82, 2.24) is 34.9 Å².